The van der Waals surface area contributed by atoms with Crippen molar-refractivity contribution in [3.05, 3.63) is 59.1 Å². The predicted octanol–water partition coefficient (Wildman–Crippen LogP) is 5.08. The van der Waals surface area contributed by atoms with Crippen molar-refractivity contribution in [3.8, 4) is 11.5 Å². The minimum absolute atomic E-state index is 0.724. The zero-order valence-corrected chi connectivity index (χ0v) is 10.6. The molecule has 1 nitrogen and oxygen atoms in total. The van der Waals surface area contributed by atoms with Gasteiger partial charge in [0.05, 0.1) is 0 Å². The number of aryl methyl sites for hydroxylation is 1. The Morgan fingerprint density at radius 2 is 1.76 bits per heavy atom. The summed E-state index contributed by atoms with van der Waals surface area (Å²) >= 11 is 6.07. The molecule has 0 spiro atoms. The summed E-state index contributed by atoms with van der Waals surface area (Å²) in [5.74, 6) is 1.63. The van der Waals surface area contributed by atoms with E-state index < -0.39 is 0 Å². The summed E-state index contributed by atoms with van der Waals surface area (Å²) < 4.78 is 5.76. The van der Waals surface area contributed by atoms with Crippen molar-refractivity contribution in [1.29, 1.82) is 0 Å². The van der Waals surface area contributed by atoms with Gasteiger partial charge in [-0.2, -0.15) is 0 Å². The first kappa shape index (κ1) is 12.0. The number of rotatable bonds is 4. The molecule has 0 heterocycles. The van der Waals surface area contributed by atoms with Crippen molar-refractivity contribution in [3.63, 3.8) is 0 Å². The van der Waals surface area contributed by atoms with E-state index in [2.05, 4.69) is 6.92 Å². The van der Waals surface area contributed by atoms with E-state index in [1.807, 2.05) is 48.5 Å². The molecule has 2 rings (SSSR count). The normalized spacial score (nSPS) is 10.2. The van der Waals surface area contributed by atoms with E-state index in [0.29, 0.717) is 0 Å². The third kappa shape index (κ3) is 3.50. The summed E-state index contributed by atoms with van der Waals surface area (Å²) in [5.41, 5.74) is 1.21. The summed E-state index contributed by atoms with van der Waals surface area (Å²) in [4.78, 5) is 0. The lowest BCUT2D eigenvalue weighted by Gasteiger charge is -2.08. The third-order valence-corrected chi connectivity index (χ3v) is 2.67. The number of hydrogen-bond acceptors (Lipinski definition) is 1. The topological polar surface area (TPSA) is 9.23 Å². The minimum Gasteiger partial charge on any atom is -0.457 e. The molecule has 88 valence electrons. The average molecular weight is 247 g/mol. The molecule has 0 aliphatic rings. The summed E-state index contributed by atoms with van der Waals surface area (Å²) in [6, 6.07) is 15.6. The van der Waals surface area contributed by atoms with E-state index in [1.165, 1.54) is 5.56 Å². The van der Waals surface area contributed by atoms with Crippen LogP contribution >= 0.6 is 11.6 Å². The van der Waals surface area contributed by atoms with Gasteiger partial charge in [-0.25, -0.2) is 0 Å². The molecule has 0 aliphatic carbocycles. The van der Waals surface area contributed by atoms with Gasteiger partial charge in [0, 0.05) is 5.02 Å². The summed E-state index contributed by atoms with van der Waals surface area (Å²) in [6.45, 7) is 2.15. The van der Waals surface area contributed by atoms with E-state index >= 15 is 0 Å². The van der Waals surface area contributed by atoms with Gasteiger partial charge < -0.3 is 4.74 Å². The van der Waals surface area contributed by atoms with Crippen molar-refractivity contribution in [2.75, 3.05) is 0 Å². The van der Waals surface area contributed by atoms with Gasteiger partial charge in [0.25, 0.3) is 0 Å². The van der Waals surface area contributed by atoms with Crippen LogP contribution in [0.2, 0.25) is 5.02 Å². The number of ether oxygens (including phenoxy) is 1. The Morgan fingerprint density at radius 1 is 1.00 bits per heavy atom. The number of halogens is 1. The molecule has 0 N–H and O–H groups in total. The SMILES string of the molecule is CCCc1cc(Cl)cc(Oc2ccccc2)c1. The van der Waals surface area contributed by atoms with E-state index in [-0.39, 0.29) is 0 Å². The van der Waals surface area contributed by atoms with Gasteiger partial charge in [-0.3, -0.25) is 0 Å². The lowest BCUT2D eigenvalue weighted by Crippen LogP contribution is -1.88. The quantitative estimate of drug-likeness (QED) is 0.731. The second-order valence-corrected chi connectivity index (χ2v) is 4.40. The fourth-order valence-electron chi connectivity index (χ4n) is 1.74. The van der Waals surface area contributed by atoms with Gasteiger partial charge in [-0.05, 0) is 42.3 Å². The summed E-state index contributed by atoms with van der Waals surface area (Å²) in [5, 5.41) is 0.724. The monoisotopic (exact) mass is 246 g/mol. The largest absolute Gasteiger partial charge is 0.457 e. The van der Waals surface area contributed by atoms with Crippen molar-refractivity contribution < 1.29 is 4.74 Å². The second kappa shape index (κ2) is 5.74. The molecule has 0 aliphatic heterocycles. The molecule has 0 aromatic heterocycles. The van der Waals surface area contributed by atoms with E-state index in [4.69, 9.17) is 16.3 Å². The van der Waals surface area contributed by atoms with Crippen LogP contribution in [0, 0.1) is 0 Å². The zero-order chi connectivity index (χ0) is 12.1. The first-order chi connectivity index (χ1) is 8.28. The molecule has 0 bridgehead atoms. The van der Waals surface area contributed by atoms with Crippen LogP contribution in [-0.4, -0.2) is 0 Å². The maximum absolute atomic E-state index is 6.07. The molecule has 0 saturated carbocycles. The van der Waals surface area contributed by atoms with Crippen molar-refractivity contribution in [2.24, 2.45) is 0 Å². The smallest absolute Gasteiger partial charge is 0.129 e. The van der Waals surface area contributed by atoms with Crippen LogP contribution in [0.4, 0.5) is 0 Å². The summed E-state index contributed by atoms with van der Waals surface area (Å²) in [7, 11) is 0. The Hall–Kier alpha value is -1.47. The second-order valence-electron chi connectivity index (χ2n) is 3.96. The molecule has 0 fully saturated rings. The van der Waals surface area contributed by atoms with E-state index in [1.54, 1.807) is 0 Å². The molecule has 2 heteroatoms. The molecule has 0 atom stereocenters. The molecule has 17 heavy (non-hydrogen) atoms. The van der Waals surface area contributed by atoms with Crippen molar-refractivity contribution >= 4 is 11.6 Å². The molecule has 0 amide bonds. The van der Waals surface area contributed by atoms with E-state index in [0.717, 1.165) is 29.4 Å². The van der Waals surface area contributed by atoms with Gasteiger partial charge in [0.2, 0.25) is 0 Å². The van der Waals surface area contributed by atoms with Gasteiger partial charge >= 0.3 is 0 Å². The highest BCUT2D eigenvalue weighted by atomic mass is 35.5. The van der Waals surface area contributed by atoms with Crippen LogP contribution in [0.3, 0.4) is 0 Å². The number of para-hydroxylation sites is 1. The average Bonchev–Trinajstić information content (AvgIpc) is 2.30. The maximum atomic E-state index is 6.07. The molecular formula is C15H15ClO. The standard InChI is InChI=1S/C15H15ClO/c1-2-6-12-9-13(16)11-15(10-12)17-14-7-4-3-5-8-14/h3-5,7-11H,2,6H2,1H3. The number of benzene rings is 2. The lowest BCUT2D eigenvalue weighted by molar-refractivity contribution is 0.482. The van der Waals surface area contributed by atoms with Crippen LogP contribution in [0.15, 0.2) is 48.5 Å². The first-order valence-electron chi connectivity index (χ1n) is 5.80. The van der Waals surface area contributed by atoms with Gasteiger partial charge in [0.15, 0.2) is 0 Å². The summed E-state index contributed by atoms with van der Waals surface area (Å²) in [6.07, 6.45) is 2.12. The maximum Gasteiger partial charge on any atom is 0.129 e. The predicted molar refractivity (Wildman–Crippen MR) is 72.0 cm³/mol. The zero-order valence-electron chi connectivity index (χ0n) is 9.82. The van der Waals surface area contributed by atoms with Crippen LogP contribution in [-0.2, 0) is 6.42 Å². The van der Waals surface area contributed by atoms with Gasteiger partial charge in [0.1, 0.15) is 11.5 Å². The first-order valence-corrected chi connectivity index (χ1v) is 6.18. The highest BCUT2D eigenvalue weighted by molar-refractivity contribution is 6.30. The molecule has 0 saturated heterocycles. The molecule has 0 unspecified atom stereocenters. The molecule has 2 aromatic rings. The van der Waals surface area contributed by atoms with Gasteiger partial charge in [-0.1, -0.05) is 43.1 Å². The Balaban J connectivity index is 2.21. The molecular weight excluding hydrogens is 232 g/mol. The van der Waals surface area contributed by atoms with Crippen LogP contribution < -0.4 is 4.74 Å². The molecule has 2 aromatic carbocycles. The Morgan fingerprint density at radius 3 is 2.47 bits per heavy atom. The van der Waals surface area contributed by atoms with Crippen LogP contribution in [0.5, 0.6) is 11.5 Å². The number of hydrogen-bond donors (Lipinski definition) is 0. The minimum atomic E-state index is 0.724. The fraction of sp³-hybridized carbons (Fsp3) is 0.200. The van der Waals surface area contributed by atoms with Crippen molar-refractivity contribution in [2.45, 2.75) is 19.8 Å². The van der Waals surface area contributed by atoms with E-state index in [9.17, 15) is 0 Å². The Kier molecular flexibility index (Phi) is 4.05. The highest BCUT2D eigenvalue weighted by Crippen LogP contribution is 2.26. The van der Waals surface area contributed by atoms with Crippen LogP contribution in [0.1, 0.15) is 18.9 Å². The Labute approximate surface area is 107 Å². The van der Waals surface area contributed by atoms with Crippen LogP contribution in [0.25, 0.3) is 0 Å². The lowest BCUT2D eigenvalue weighted by atomic mass is 10.1. The van der Waals surface area contributed by atoms with Gasteiger partial charge in [-0.15, -0.1) is 0 Å². The fourth-order valence-corrected chi connectivity index (χ4v) is 1.98. The van der Waals surface area contributed by atoms with Crippen molar-refractivity contribution in [1.82, 2.24) is 0 Å². The highest BCUT2D eigenvalue weighted by Gasteiger charge is 2.01. The Bertz CT molecular complexity index is 480. The third-order valence-electron chi connectivity index (χ3n) is 2.45. The molecule has 0 radical (unpaired) electrons.